The minimum atomic E-state index is 0.440. The molecule has 5 nitrogen and oxygen atoms in total. The van der Waals surface area contributed by atoms with Crippen molar-refractivity contribution in [3.8, 4) is 0 Å². The molecule has 0 spiro atoms. The van der Waals surface area contributed by atoms with Gasteiger partial charge in [-0.15, -0.1) is 5.10 Å². The largest absolute Gasteiger partial charge is 0.353 e. The Kier molecular flexibility index (Phi) is 4.54. The van der Waals surface area contributed by atoms with Gasteiger partial charge in [-0.2, -0.15) is 5.10 Å². The van der Waals surface area contributed by atoms with Crippen LogP contribution in [-0.4, -0.2) is 53.7 Å². The molecule has 124 valence electrons. The van der Waals surface area contributed by atoms with Gasteiger partial charge in [0.15, 0.2) is 5.82 Å². The molecule has 0 aliphatic carbocycles. The highest BCUT2D eigenvalue weighted by Crippen LogP contribution is 2.28. The Morgan fingerprint density at radius 1 is 1.12 bits per heavy atom. The summed E-state index contributed by atoms with van der Waals surface area (Å²) in [6, 6.07) is 11.2. The van der Waals surface area contributed by atoms with Gasteiger partial charge in [-0.05, 0) is 42.1 Å². The van der Waals surface area contributed by atoms with E-state index in [9.17, 15) is 0 Å². The average molecular weight is 339 g/mol. The summed E-state index contributed by atoms with van der Waals surface area (Å²) in [5.74, 6) is 0.984. The predicted octanol–water partition coefficient (Wildman–Crippen LogP) is 2.38. The normalized spacial score (nSPS) is 20.1. The molecule has 3 heterocycles. The standard InChI is InChI=1S/C18H22N5P/c1-14(15-4-5-16-17(13-15)24-12-7-19-16)22-8-10-23(11-9-22)18-3-2-6-20-21-18/h2-7,13-14,24H,8-12H2,1H3. The van der Waals surface area contributed by atoms with Gasteiger partial charge < -0.3 is 4.90 Å². The summed E-state index contributed by atoms with van der Waals surface area (Å²) in [5, 5.41) is 9.63. The van der Waals surface area contributed by atoms with Crippen LogP contribution in [-0.2, 0) is 0 Å². The summed E-state index contributed by atoms with van der Waals surface area (Å²) in [6.45, 7) is 6.42. The van der Waals surface area contributed by atoms with Gasteiger partial charge in [0.2, 0.25) is 0 Å². The lowest BCUT2D eigenvalue weighted by atomic mass is 10.1. The van der Waals surface area contributed by atoms with Crippen molar-refractivity contribution in [2.75, 3.05) is 37.2 Å². The van der Waals surface area contributed by atoms with Crippen LogP contribution in [0.4, 0.5) is 11.5 Å². The zero-order valence-corrected chi connectivity index (χ0v) is 14.9. The zero-order chi connectivity index (χ0) is 16.4. The molecule has 2 unspecified atom stereocenters. The summed E-state index contributed by atoms with van der Waals surface area (Å²) in [6.07, 6.45) is 4.85. The van der Waals surface area contributed by atoms with Crippen molar-refractivity contribution in [2.45, 2.75) is 13.0 Å². The van der Waals surface area contributed by atoms with Gasteiger partial charge in [0.1, 0.15) is 0 Å². The Labute approximate surface area is 144 Å². The van der Waals surface area contributed by atoms with Crippen molar-refractivity contribution in [3.05, 3.63) is 42.1 Å². The molecule has 6 heteroatoms. The van der Waals surface area contributed by atoms with Crippen LogP contribution in [0, 0.1) is 0 Å². The number of aliphatic imine (C=N–C) groups is 1. The van der Waals surface area contributed by atoms with Crippen LogP contribution in [0.25, 0.3) is 0 Å². The van der Waals surface area contributed by atoms with Gasteiger partial charge in [0.05, 0.1) is 5.69 Å². The minimum absolute atomic E-state index is 0.440. The Bertz CT molecular complexity index is 725. The lowest BCUT2D eigenvalue weighted by Gasteiger charge is -2.38. The predicted molar refractivity (Wildman–Crippen MR) is 102 cm³/mol. The first kappa shape index (κ1) is 15.7. The molecule has 4 rings (SSSR count). The van der Waals surface area contributed by atoms with E-state index >= 15 is 0 Å². The van der Waals surface area contributed by atoms with Gasteiger partial charge in [-0.3, -0.25) is 9.89 Å². The third-order valence-corrected chi connectivity index (χ3v) is 6.03. The maximum Gasteiger partial charge on any atom is 0.151 e. The number of piperazine rings is 1. The van der Waals surface area contributed by atoms with Crippen LogP contribution in [0.15, 0.2) is 41.5 Å². The molecule has 0 bridgehead atoms. The highest BCUT2D eigenvalue weighted by molar-refractivity contribution is 7.48. The highest BCUT2D eigenvalue weighted by atomic mass is 31.1. The molecule has 0 amide bonds. The Balaban J connectivity index is 1.43. The Morgan fingerprint density at radius 3 is 2.79 bits per heavy atom. The van der Waals surface area contributed by atoms with Gasteiger partial charge >= 0.3 is 0 Å². The Hall–Kier alpha value is -1.84. The van der Waals surface area contributed by atoms with E-state index in [0.29, 0.717) is 6.04 Å². The van der Waals surface area contributed by atoms with Crippen molar-refractivity contribution in [1.29, 1.82) is 0 Å². The van der Waals surface area contributed by atoms with Crippen molar-refractivity contribution >= 4 is 31.6 Å². The van der Waals surface area contributed by atoms with Gasteiger partial charge in [0.25, 0.3) is 0 Å². The molecular weight excluding hydrogens is 317 g/mol. The molecule has 1 saturated heterocycles. The fourth-order valence-corrected chi connectivity index (χ4v) is 4.38. The van der Waals surface area contributed by atoms with Gasteiger partial charge in [-0.1, -0.05) is 14.6 Å². The van der Waals surface area contributed by atoms with E-state index in [0.717, 1.165) is 52.4 Å². The van der Waals surface area contributed by atoms with Crippen LogP contribution >= 0.6 is 8.58 Å². The Morgan fingerprint density at radius 2 is 2.00 bits per heavy atom. The van der Waals surface area contributed by atoms with Crippen LogP contribution < -0.4 is 10.2 Å². The third-order valence-electron chi connectivity index (χ3n) is 4.86. The molecule has 0 radical (unpaired) electrons. The number of fused-ring (bicyclic) bond motifs is 1. The lowest BCUT2D eigenvalue weighted by Crippen LogP contribution is -2.47. The topological polar surface area (TPSA) is 44.6 Å². The van der Waals surface area contributed by atoms with Gasteiger partial charge in [-0.25, -0.2) is 0 Å². The lowest BCUT2D eigenvalue weighted by molar-refractivity contribution is 0.198. The molecule has 2 aromatic rings. The average Bonchev–Trinajstić information content (AvgIpc) is 2.68. The van der Waals surface area contributed by atoms with E-state index in [1.807, 2.05) is 18.3 Å². The van der Waals surface area contributed by atoms with E-state index in [4.69, 9.17) is 0 Å². The monoisotopic (exact) mass is 339 g/mol. The number of rotatable bonds is 3. The molecule has 0 N–H and O–H groups in total. The van der Waals surface area contributed by atoms with Crippen LogP contribution in [0.3, 0.4) is 0 Å². The summed E-state index contributed by atoms with van der Waals surface area (Å²) < 4.78 is 0. The van der Waals surface area contributed by atoms with Crippen molar-refractivity contribution in [1.82, 2.24) is 15.1 Å². The van der Waals surface area contributed by atoms with Crippen LogP contribution in [0.1, 0.15) is 18.5 Å². The van der Waals surface area contributed by atoms with E-state index < -0.39 is 0 Å². The summed E-state index contributed by atoms with van der Waals surface area (Å²) in [5.41, 5.74) is 2.56. The smallest absolute Gasteiger partial charge is 0.151 e. The molecule has 2 atom stereocenters. The SMILES string of the molecule is CC(c1ccc2c(c1)PCC=N2)N1CCN(c2cccnn2)CC1. The fourth-order valence-electron chi connectivity index (χ4n) is 3.38. The highest BCUT2D eigenvalue weighted by Gasteiger charge is 2.23. The molecular formula is C18H22N5P. The molecule has 2 aliphatic heterocycles. The molecule has 1 aromatic heterocycles. The minimum Gasteiger partial charge on any atom is -0.353 e. The molecule has 24 heavy (non-hydrogen) atoms. The second kappa shape index (κ2) is 6.96. The maximum atomic E-state index is 4.50. The first-order valence-corrected chi connectivity index (χ1v) is 9.69. The van der Waals surface area contributed by atoms with Gasteiger partial charge in [0, 0.05) is 50.8 Å². The number of aromatic nitrogens is 2. The quantitative estimate of drug-likeness (QED) is 0.806. The molecule has 2 aliphatic rings. The number of hydrogen-bond donors (Lipinski definition) is 0. The van der Waals surface area contributed by atoms with Crippen LogP contribution in [0.2, 0.25) is 0 Å². The maximum absolute atomic E-state index is 4.50. The van der Waals surface area contributed by atoms with E-state index in [-0.39, 0.29) is 0 Å². The first-order chi connectivity index (χ1) is 11.8. The molecule has 0 saturated carbocycles. The first-order valence-electron chi connectivity index (χ1n) is 8.48. The molecule has 1 fully saturated rings. The number of anilines is 1. The fraction of sp³-hybridized carbons (Fsp3) is 0.389. The van der Waals surface area contributed by atoms with E-state index in [2.05, 4.69) is 50.1 Å². The van der Waals surface area contributed by atoms with Crippen molar-refractivity contribution in [2.24, 2.45) is 4.99 Å². The zero-order valence-electron chi connectivity index (χ0n) is 13.9. The second-order valence-electron chi connectivity index (χ2n) is 6.25. The second-order valence-corrected chi connectivity index (χ2v) is 7.55. The summed E-state index contributed by atoms with van der Waals surface area (Å²) >= 11 is 0. The summed E-state index contributed by atoms with van der Waals surface area (Å²) in [4.78, 5) is 9.38. The third kappa shape index (κ3) is 3.19. The number of hydrogen-bond acceptors (Lipinski definition) is 5. The number of benzene rings is 1. The summed E-state index contributed by atoms with van der Waals surface area (Å²) in [7, 11) is 0.857. The molecule has 1 aromatic carbocycles. The van der Waals surface area contributed by atoms with E-state index in [1.165, 1.54) is 10.9 Å². The van der Waals surface area contributed by atoms with Crippen molar-refractivity contribution < 1.29 is 0 Å². The van der Waals surface area contributed by atoms with Crippen LogP contribution in [0.5, 0.6) is 0 Å². The van der Waals surface area contributed by atoms with Crippen molar-refractivity contribution in [3.63, 3.8) is 0 Å². The number of nitrogens with zero attached hydrogens (tertiary/aromatic N) is 5. The van der Waals surface area contributed by atoms with E-state index in [1.54, 1.807) is 6.20 Å².